The van der Waals surface area contributed by atoms with Gasteiger partial charge < -0.3 is 9.64 Å². The van der Waals surface area contributed by atoms with Crippen LogP contribution >= 0.6 is 11.6 Å². The van der Waals surface area contributed by atoms with E-state index in [-0.39, 0.29) is 0 Å². The van der Waals surface area contributed by atoms with Crippen molar-refractivity contribution in [3.63, 3.8) is 0 Å². The molecule has 0 N–H and O–H groups in total. The molecule has 0 bridgehead atoms. The normalized spacial score (nSPS) is 11.0. The first-order chi connectivity index (χ1) is 12.0. The van der Waals surface area contributed by atoms with Crippen LogP contribution in [0.3, 0.4) is 0 Å². The van der Waals surface area contributed by atoms with Crippen molar-refractivity contribution in [1.29, 1.82) is 0 Å². The Morgan fingerprint density at radius 2 is 1.60 bits per heavy atom. The third-order valence-electron chi connectivity index (χ3n) is 3.77. The lowest BCUT2D eigenvalue weighted by molar-refractivity contribution is 0.172. The third kappa shape index (κ3) is 4.20. The highest BCUT2D eigenvalue weighted by Gasteiger charge is 2.11. The molecule has 0 atom stereocenters. The first-order valence-corrected chi connectivity index (χ1v) is 8.26. The quantitative estimate of drug-likeness (QED) is 0.564. The van der Waals surface area contributed by atoms with Crippen molar-refractivity contribution in [2.45, 2.75) is 0 Å². The summed E-state index contributed by atoms with van der Waals surface area (Å²) >= 11 is 5.92. The molecule has 3 rings (SSSR count). The number of hydrogen-bond acceptors (Lipinski definition) is 2. The Morgan fingerprint density at radius 1 is 0.960 bits per heavy atom. The molecule has 0 aromatic heterocycles. The second-order valence-electron chi connectivity index (χ2n) is 5.88. The number of ether oxygens (including phenoxy) is 1. The van der Waals surface area contributed by atoms with Gasteiger partial charge in [-0.1, -0.05) is 60.2 Å². The summed E-state index contributed by atoms with van der Waals surface area (Å²) in [6, 6.07) is 19.4. The Labute approximate surface area is 152 Å². The van der Waals surface area contributed by atoms with Gasteiger partial charge in [0, 0.05) is 24.7 Å². The second-order valence-corrected chi connectivity index (χ2v) is 6.32. The molecule has 4 heteroatoms. The first kappa shape index (κ1) is 17.1. The number of nitrogens with zero attached hydrogens (tertiary/aromatic N) is 1. The van der Waals surface area contributed by atoms with Gasteiger partial charge in [-0.15, -0.1) is 0 Å². The fourth-order valence-electron chi connectivity index (χ4n) is 2.40. The number of fused-ring (bicyclic) bond motifs is 1. The van der Waals surface area contributed by atoms with Gasteiger partial charge in [0.25, 0.3) is 0 Å². The minimum absolute atomic E-state index is 0.406. The van der Waals surface area contributed by atoms with Gasteiger partial charge in [0.2, 0.25) is 0 Å². The van der Waals surface area contributed by atoms with Crippen molar-refractivity contribution in [2.75, 3.05) is 14.1 Å². The summed E-state index contributed by atoms with van der Waals surface area (Å²) in [5.74, 6) is 0.530. The molecule has 0 aliphatic heterocycles. The number of hydrogen-bond donors (Lipinski definition) is 0. The minimum Gasteiger partial charge on any atom is -0.410 e. The van der Waals surface area contributed by atoms with Crippen LogP contribution in [0.2, 0.25) is 5.02 Å². The number of halogens is 1. The summed E-state index contributed by atoms with van der Waals surface area (Å²) in [5, 5.41) is 2.80. The van der Waals surface area contributed by atoms with Gasteiger partial charge in [0.15, 0.2) is 0 Å². The topological polar surface area (TPSA) is 29.5 Å². The average Bonchev–Trinajstić information content (AvgIpc) is 2.61. The largest absolute Gasteiger partial charge is 0.414 e. The van der Waals surface area contributed by atoms with E-state index in [2.05, 4.69) is 0 Å². The Bertz CT molecular complexity index is 930. The number of benzene rings is 3. The predicted molar refractivity (Wildman–Crippen MR) is 104 cm³/mol. The summed E-state index contributed by atoms with van der Waals surface area (Å²) < 4.78 is 5.54. The van der Waals surface area contributed by atoms with E-state index in [1.54, 1.807) is 14.1 Å². The van der Waals surface area contributed by atoms with Crippen molar-refractivity contribution >= 4 is 40.6 Å². The van der Waals surface area contributed by atoms with E-state index in [0.29, 0.717) is 10.8 Å². The van der Waals surface area contributed by atoms with Crippen LogP contribution in [0.1, 0.15) is 11.1 Å². The molecule has 0 aliphatic carbocycles. The van der Waals surface area contributed by atoms with Gasteiger partial charge in [0.05, 0.1) is 0 Å². The van der Waals surface area contributed by atoms with E-state index in [1.807, 2.05) is 72.8 Å². The summed E-state index contributed by atoms with van der Waals surface area (Å²) in [7, 11) is 3.32. The molecule has 0 fully saturated rings. The van der Waals surface area contributed by atoms with E-state index in [1.165, 1.54) is 4.90 Å². The van der Waals surface area contributed by atoms with Crippen molar-refractivity contribution in [3.05, 3.63) is 76.8 Å². The van der Waals surface area contributed by atoms with Crippen LogP contribution in [0.25, 0.3) is 22.9 Å². The van der Waals surface area contributed by atoms with E-state index in [9.17, 15) is 4.79 Å². The van der Waals surface area contributed by atoms with Gasteiger partial charge in [-0.3, -0.25) is 0 Å². The molecule has 3 aromatic rings. The lowest BCUT2D eigenvalue weighted by Crippen LogP contribution is -2.25. The van der Waals surface area contributed by atoms with Crippen LogP contribution in [0.15, 0.2) is 60.7 Å². The highest BCUT2D eigenvalue weighted by molar-refractivity contribution is 6.30. The van der Waals surface area contributed by atoms with E-state index < -0.39 is 6.09 Å². The molecule has 3 aromatic carbocycles. The maximum atomic E-state index is 12.0. The molecule has 0 saturated heterocycles. The molecule has 0 saturated carbocycles. The van der Waals surface area contributed by atoms with Gasteiger partial charge in [-0.25, -0.2) is 4.79 Å². The van der Waals surface area contributed by atoms with Crippen LogP contribution in [0, 0.1) is 0 Å². The summed E-state index contributed by atoms with van der Waals surface area (Å²) in [6.45, 7) is 0. The highest BCUT2D eigenvalue weighted by atomic mass is 35.5. The smallest absolute Gasteiger partial charge is 0.410 e. The first-order valence-electron chi connectivity index (χ1n) is 7.88. The maximum absolute atomic E-state index is 12.0. The zero-order valence-electron chi connectivity index (χ0n) is 14.1. The number of rotatable bonds is 3. The fraction of sp³-hybridized carbons (Fsp3) is 0.0952. The van der Waals surface area contributed by atoms with E-state index in [4.69, 9.17) is 16.3 Å². The summed E-state index contributed by atoms with van der Waals surface area (Å²) in [4.78, 5) is 13.4. The van der Waals surface area contributed by atoms with Crippen LogP contribution in [-0.2, 0) is 0 Å². The Morgan fingerprint density at radius 3 is 2.24 bits per heavy atom. The van der Waals surface area contributed by atoms with E-state index in [0.717, 1.165) is 21.9 Å². The standard InChI is InChI=1S/C21H18ClNO2/c1-23(2)21(24)25-20-14-17-6-4-3-5-16(17)13-18(20)10-7-15-8-11-19(22)12-9-15/h3-14H,1-2H3/b10-7+. The molecule has 0 aliphatic rings. The zero-order valence-corrected chi connectivity index (χ0v) is 14.8. The molecule has 0 unspecified atom stereocenters. The highest BCUT2D eigenvalue weighted by Crippen LogP contribution is 2.28. The van der Waals surface area contributed by atoms with E-state index >= 15 is 0 Å². The Balaban J connectivity index is 2.01. The van der Waals surface area contributed by atoms with Crippen LogP contribution in [0.4, 0.5) is 4.79 Å². The minimum atomic E-state index is -0.406. The molecular weight excluding hydrogens is 334 g/mol. The van der Waals surface area contributed by atoms with Crippen LogP contribution < -0.4 is 4.74 Å². The lowest BCUT2D eigenvalue weighted by Gasteiger charge is -2.13. The van der Waals surface area contributed by atoms with Crippen molar-refractivity contribution in [1.82, 2.24) is 4.90 Å². The van der Waals surface area contributed by atoms with Gasteiger partial charge in [-0.05, 0) is 40.6 Å². The molecule has 0 heterocycles. The third-order valence-corrected chi connectivity index (χ3v) is 4.02. The number of carbonyl (C=O) groups is 1. The average molecular weight is 352 g/mol. The Kier molecular flexibility index (Phi) is 5.05. The monoisotopic (exact) mass is 351 g/mol. The van der Waals surface area contributed by atoms with Gasteiger partial charge in [-0.2, -0.15) is 0 Å². The molecule has 25 heavy (non-hydrogen) atoms. The summed E-state index contributed by atoms with van der Waals surface area (Å²) in [5.41, 5.74) is 1.85. The van der Waals surface area contributed by atoms with Crippen molar-refractivity contribution in [2.24, 2.45) is 0 Å². The number of carbonyl (C=O) groups excluding carboxylic acids is 1. The molecule has 1 amide bonds. The second kappa shape index (κ2) is 7.41. The summed E-state index contributed by atoms with van der Waals surface area (Å²) in [6.07, 6.45) is 3.50. The number of amides is 1. The zero-order chi connectivity index (χ0) is 17.8. The molecule has 126 valence electrons. The molecular formula is C21H18ClNO2. The van der Waals surface area contributed by atoms with Crippen molar-refractivity contribution < 1.29 is 9.53 Å². The predicted octanol–water partition coefficient (Wildman–Crippen LogP) is 5.72. The molecule has 3 nitrogen and oxygen atoms in total. The van der Waals surface area contributed by atoms with Gasteiger partial charge in [0.1, 0.15) is 5.75 Å². The van der Waals surface area contributed by atoms with Crippen LogP contribution in [-0.4, -0.2) is 25.1 Å². The SMILES string of the molecule is CN(C)C(=O)Oc1cc2ccccc2cc1/C=C/c1ccc(Cl)cc1. The Hall–Kier alpha value is -2.78. The lowest BCUT2D eigenvalue weighted by atomic mass is 10.0. The van der Waals surface area contributed by atoms with Crippen LogP contribution in [0.5, 0.6) is 5.75 Å². The van der Waals surface area contributed by atoms with Gasteiger partial charge >= 0.3 is 6.09 Å². The fourth-order valence-corrected chi connectivity index (χ4v) is 2.53. The maximum Gasteiger partial charge on any atom is 0.414 e. The van der Waals surface area contributed by atoms with Crippen molar-refractivity contribution in [3.8, 4) is 5.75 Å². The molecule has 0 radical (unpaired) electrons. The molecule has 0 spiro atoms.